The molecule has 1 saturated carbocycles. The zero-order valence-electron chi connectivity index (χ0n) is 5.48. The zero-order valence-corrected chi connectivity index (χ0v) is 5.48. The van der Waals surface area contributed by atoms with Crippen LogP contribution in [-0.2, 0) is 0 Å². The Kier molecular flexibility index (Phi) is 1.68. The standard InChI is InChI=1S/C6H10F2O2/c7-5(8)3-1-2-4-6(5,9)10/h9-10H,1-4H2. The molecule has 0 aromatic carbocycles. The average Bonchev–Trinajstić information content (AvgIpc) is 1.77. The molecular weight excluding hydrogens is 142 g/mol. The molecule has 0 aliphatic heterocycles. The van der Waals surface area contributed by atoms with E-state index >= 15 is 0 Å². The van der Waals surface area contributed by atoms with Crippen LogP contribution < -0.4 is 0 Å². The van der Waals surface area contributed by atoms with Gasteiger partial charge in [-0.2, -0.15) is 0 Å². The summed E-state index contributed by atoms with van der Waals surface area (Å²) in [6.07, 6.45) is 0.193. The van der Waals surface area contributed by atoms with Crippen LogP contribution in [0, 0.1) is 0 Å². The Morgan fingerprint density at radius 2 is 1.50 bits per heavy atom. The smallest absolute Gasteiger partial charge is 0.300 e. The molecule has 0 unspecified atom stereocenters. The van der Waals surface area contributed by atoms with Gasteiger partial charge in [-0.05, 0) is 12.8 Å². The third-order valence-electron chi connectivity index (χ3n) is 1.85. The van der Waals surface area contributed by atoms with Crippen LogP contribution in [0.15, 0.2) is 0 Å². The van der Waals surface area contributed by atoms with Crippen molar-refractivity contribution in [3.63, 3.8) is 0 Å². The van der Waals surface area contributed by atoms with E-state index < -0.39 is 18.1 Å². The van der Waals surface area contributed by atoms with E-state index in [1.165, 1.54) is 0 Å². The van der Waals surface area contributed by atoms with Gasteiger partial charge in [0.2, 0.25) is 5.79 Å². The number of halogens is 2. The molecule has 1 aliphatic carbocycles. The molecule has 2 nitrogen and oxygen atoms in total. The molecule has 0 amide bonds. The second-order valence-electron chi connectivity index (χ2n) is 2.73. The van der Waals surface area contributed by atoms with Crippen LogP contribution >= 0.6 is 0 Å². The van der Waals surface area contributed by atoms with Crippen LogP contribution in [0.3, 0.4) is 0 Å². The maximum absolute atomic E-state index is 12.5. The Bertz CT molecular complexity index is 118. The lowest BCUT2D eigenvalue weighted by molar-refractivity contribution is -0.310. The van der Waals surface area contributed by atoms with Crippen molar-refractivity contribution in [1.82, 2.24) is 0 Å². The third-order valence-corrected chi connectivity index (χ3v) is 1.85. The molecule has 2 N–H and O–H groups in total. The Hall–Kier alpha value is -0.220. The minimum atomic E-state index is -3.31. The van der Waals surface area contributed by atoms with Gasteiger partial charge in [-0.3, -0.25) is 0 Å². The zero-order chi connectivity index (χ0) is 7.83. The molecule has 0 heterocycles. The molecule has 0 bridgehead atoms. The van der Waals surface area contributed by atoms with Crippen molar-refractivity contribution in [2.45, 2.75) is 37.4 Å². The van der Waals surface area contributed by atoms with Crippen LogP contribution in [0.1, 0.15) is 25.7 Å². The Morgan fingerprint density at radius 3 is 1.80 bits per heavy atom. The van der Waals surface area contributed by atoms with E-state index in [0.717, 1.165) is 0 Å². The summed E-state index contributed by atoms with van der Waals surface area (Å²) in [6, 6.07) is 0. The number of alkyl halides is 2. The minimum Gasteiger partial charge on any atom is -0.361 e. The highest BCUT2D eigenvalue weighted by Gasteiger charge is 2.52. The summed E-state index contributed by atoms with van der Waals surface area (Å²) < 4.78 is 25.0. The highest BCUT2D eigenvalue weighted by molar-refractivity contribution is 4.87. The second-order valence-corrected chi connectivity index (χ2v) is 2.73. The molecule has 0 spiro atoms. The van der Waals surface area contributed by atoms with E-state index in [1.807, 2.05) is 0 Å². The molecular formula is C6H10F2O2. The topological polar surface area (TPSA) is 40.5 Å². The first-order valence-corrected chi connectivity index (χ1v) is 3.28. The van der Waals surface area contributed by atoms with Crippen molar-refractivity contribution in [3.8, 4) is 0 Å². The Balaban J connectivity index is 2.70. The first kappa shape index (κ1) is 7.88. The monoisotopic (exact) mass is 152 g/mol. The highest BCUT2D eigenvalue weighted by Crippen LogP contribution is 2.39. The fourth-order valence-corrected chi connectivity index (χ4v) is 1.10. The summed E-state index contributed by atoms with van der Waals surface area (Å²) in [5.74, 6) is -6.07. The van der Waals surface area contributed by atoms with Crippen LogP contribution in [0.25, 0.3) is 0 Å². The minimum absolute atomic E-state index is 0.222. The molecule has 4 heteroatoms. The molecule has 1 fully saturated rings. The van der Waals surface area contributed by atoms with Gasteiger partial charge in [-0.15, -0.1) is 0 Å². The van der Waals surface area contributed by atoms with E-state index in [-0.39, 0.29) is 6.42 Å². The Labute approximate surface area is 57.5 Å². The van der Waals surface area contributed by atoms with Gasteiger partial charge in [-0.25, -0.2) is 8.78 Å². The van der Waals surface area contributed by atoms with E-state index in [4.69, 9.17) is 10.2 Å². The van der Waals surface area contributed by atoms with Crippen LogP contribution in [0.4, 0.5) is 8.78 Å². The molecule has 60 valence electrons. The van der Waals surface area contributed by atoms with Crippen molar-refractivity contribution < 1.29 is 19.0 Å². The van der Waals surface area contributed by atoms with Gasteiger partial charge in [0.1, 0.15) is 0 Å². The fraction of sp³-hybridized carbons (Fsp3) is 1.00. The van der Waals surface area contributed by atoms with Crippen LogP contribution in [0.2, 0.25) is 0 Å². The van der Waals surface area contributed by atoms with Gasteiger partial charge < -0.3 is 10.2 Å². The SMILES string of the molecule is OC1(O)CCCCC1(F)F. The van der Waals surface area contributed by atoms with Gasteiger partial charge in [0.05, 0.1) is 0 Å². The van der Waals surface area contributed by atoms with E-state index in [9.17, 15) is 8.78 Å². The predicted octanol–water partition coefficient (Wildman–Crippen LogP) is 0.877. The van der Waals surface area contributed by atoms with E-state index in [2.05, 4.69) is 0 Å². The summed E-state index contributed by atoms with van der Waals surface area (Å²) in [5.41, 5.74) is 0. The Morgan fingerprint density at radius 1 is 1.00 bits per heavy atom. The number of aliphatic hydroxyl groups is 2. The molecule has 0 aromatic heterocycles. The molecule has 1 aliphatic rings. The number of hydrogen-bond acceptors (Lipinski definition) is 2. The molecule has 0 radical (unpaired) electrons. The van der Waals surface area contributed by atoms with Crippen molar-refractivity contribution in [1.29, 1.82) is 0 Å². The van der Waals surface area contributed by atoms with Crippen molar-refractivity contribution >= 4 is 0 Å². The van der Waals surface area contributed by atoms with Gasteiger partial charge in [-0.1, -0.05) is 0 Å². The van der Waals surface area contributed by atoms with Crippen molar-refractivity contribution in [3.05, 3.63) is 0 Å². The average molecular weight is 152 g/mol. The molecule has 1 rings (SSSR count). The summed E-state index contributed by atoms with van der Waals surface area (Å²) in [6.45, 7) is 0. The maximum Gasteiger partial charge on any atom is 0.300 e. The quantitative estimate of drug-likeness (QED) is 0.506. The summed E-state index contributed by atoms with van der Waals surface area (Å²) >= 11 is 0. The van der Waals surface area contributed by atoms with Crippen molar-refractivity contribution in [2.75, 3.05) is 0 Å². The summed E-state index contributed by atoms with van der Waals surface area (Å²) in [5, 5.41) is 17.4. The second kappa shape index (κ2) is 2.13. The fourth-order valence-electron chi connectivity index (χ4n) is 1.10. The van der Waals surface area contributed by atoms with Gasteiger partial charge in [0.15, 0.2) is 0 Å². The maximum atomic E-state index is 12.5. The first-order chi connectivity index (χ1) is 4.46. The number of rotatable bonds is 0. The predicted molar refractivity (Wildman–Crippen MR) is 30.6 cm³/mol. The largest absolute Gasteiger partial charge is 0.361 e. The van der Waals surface area contributed by atoms with Crippen LogP contribution in [0.5, 0.6) is 0 Å². The lowest BCUT2D eigenvalue weighted by atomic mass is 9.91. The van der Waals surface area contributed by atoms with Gasteiger partial charge >= 0.3 is 0 Å². The normalized spacial score (nSPS) is 30.0. The molecule has 0 atom stereocenters. The molecule has 10 heavy (non-hydrogen) atoms. The first-order valence-electron chi connectivity index (χ1n) is 3.28. The summed E-state index contributed by atoms with van der Waals surface area (Å²) in [7, 11) is 0. The molecule has 0 aromatic rings. The lowest BCUT2D eigenvalue weighted by Gasteiger charge is -2.34. The number of hydrogen-bond donors (Lipinski definition) is 2. The third kappa shape index (κ3) is 1.13. The van der Waals surface area contributed by atoms with E-state index in [0.29, 0.717) is 12.8 Å². The van der Waals surface area contributed by atoms with Gasteiger partial charge in [0.25, 0.3) is 5.92 Å². The molecule has 0 saturated heterocycles. The lowest BCUT2D eigenvalue weighted by Crippen LogP contribution is -2.50. The van der Waals surface area contributed by atoms with Crippen LogP contribution in [-0.4, -0.2) is 21.9 Å². The summed E-state index contributed by atoms with van der Waals surface area (Å²) in [4.78, 5) is 0. The van der Waals surface area contributed by atoms with Crippen molar-refractivity contribution in [2.24, 2.45) is 0 Å². The van der Waals surface area contributed by atoms with Gasteiger partial charge in [0, 0.05) is 12.8 Å². The van der Waals surface area contributed by atoms with E-state index in [1.54, 1.807) is 0 Å². The highest BCUT2D eigenvalue weighted by atomic mass is 19.3.